The van der Waals surface area contributed by atoms with E-state index in [0.29, 0.717) is 11.7 Å². The molecule has 0 aliphatic rings. The van der Waals surface area contributed by atoms with Gasteiger partial charge in [-0.25, -0.2) is 9.50 Å². The Kier molecular flexibility index (Phi) is 2.40. The average molecular weight is 241 g/mol. The first-order chi connectivity index (χ1) is 8.79. The Balaban J connectivity index is 2.20. The van der Waals surface area contributed by atoms with Crippen molar-refractivity contribution in [3.05, 3.63) is 36.5 Å². The van der Waals surface area contributed by atoms with Crippen LogP contribution in [-0.4, -0.2) is 31.7 Å². The lowest BCUT2D eigenvalue weighted by molar-refractivity contribution is 0.394. The van der Waals surface area contributed by atoms with E-state index in [1.807, 2.05) is 6.92 Å². The molecular weight excluding hydrogens is 230 g/mol. The van der Waals surface area contributed by atoms with E-state index in [-0.39, 0.29) is 0 Å². The summed E-state index contributed by atoms with van der Waals surface area (Å²) in [6, 6.07) is 0. The van der Waals surface area contributed by atoms with Crippen LogP contribution in [0.25, 0.3) is 16.9 Å². The third-order valence-corrected chi connectivity index (χ3v) is 2.68. The van der Waals surface area contributed by atoms with Gasteiger partial charge in [-0.15, -0.1) is 0 Å². The summed E-state index contributed by atoms with van der Waals surface area (Å²) in [6.45, 7) is 1.90. The average Bonchev–Trinajstić information content (AvgIpc) is 2.83. The first-order valence-corrected chi connectivity index (χ1v) is 5.45. The van der Waals surface area contributed by atoms with Crippen LogP contribution >= 0.6 is 0 Å². The minimum Gasteiger partial charge on any atom is -0.481 e. The molecular formula is C12H11N5O. The first-order valence-electron chi connectivity index (χ1n) is 5.45. The van der Waals surface area contributed by atoms with E-state index in [1.54, 1.807) is 42.6 Å². The van der Waals surface area contributed by atoms with Gasteiger partial charge < -0.3 is 4.74 Å². The molecule has 6 heteroatoms. The van der Waals surface area contributed by atoms with Gasteiger partial charge in [0.25, 0.3) is 0 Å². The fourth-order valence-corrected chi connectivity index (χ4v) is 1.77. The molecule has 0 saturated heterocycles. The van der Waals surface area contributed by atoms with Crippen LogP contribution in [0.15, 0.2) is 31.0 Å². The van der Waals surface area contributed by atoms with Gasteiger partial charge in [-0.1, -0.05) is 0 Å². The molecule has 0 saturated carbocycles. The minimum atomic E-state index is 0.572. The number of hydrogen-bond donors (Lipinski definition) is 0. The van der Waals surface area contributed by atoms with Crippen molar-refractivity contribution in [2.75, 3.05) is 7.11 Å². The Labute approximate surface area is 103 Å². The van der Waals surface area contributed by atoms with E-state index >= 15 is 0 Å². The smallest absolute Gasteiger partial charge is 0.219 e. The summed E-state index contributed by atoms with van der Waals surface area (Å²) in [4.78, 5) is 12.8. The van der Waals surface area contributed by atoms with Crippen LogP contribution in [0.5, 0.6) is 5.88 Å². The summed E-state index contributed by atoms with van der Waals surface area (Å²) in [5, 5.41) is 4.23. The summed E-state index contributed by atoms with van der Waals surface area (Å²) in [5.74, 6) is 1.16. The molecule has 0 spiro atoms. The molecule has 0 amide bonds. The highest BCUT2D eigenvalue weighted by atomic mass is 16.5. The van der Waals surface area contributed by atoms with Gasteiger partial charge in [-0.3, -0.25) is 4.98 Å². The second-order valence-corrected chi connectivity index (χ2v) is 3.85. The van der Waals surface area contributed by atoms with Gasteiger partial charge >= 0.3 is 0 Å². The highest BCUT2D eigenvalue weighted by Gasteiger charge is 2.11. The zero-order chi connectivity index (χ0) is 12.5. The maximum Gasteiger partial charge on any atom is 0.219 e. The minimum absolute atomic E-state index is 0.572. The molecule has 0 aliphatic heterocycles. The Morgan fingerprint density at radius 1 is 1.22 bits per heavy atom. The Hall–Kier alpha value is -2.50. The van der Waals surface area contributed by atoms with Crippen molar-refractivity contribution in [2.45, 2.75) is 6.92 Å². The lowest BCUT2D eigenvalue weighted by atomic mass is 10.2. The van der Waals surface area contributed by atoms with Crippen molar-refractivity contribution < 1.29 is 4.74 Å². The molecule has 90 valence electrons. The van der Waals surface area contributed by atoms with Gasteiger partial charge in [0.2, 0.25) is 5.88 Å². The highest BCUT2D eigenvalue weighted by molar-refractivity contribution is 5.74. The van der Waals surface area contributed by atoms with Crippen molar-refractivity contribution in [3.63, 3.8) is 0 Å². The maximum absolute atomic E-state index is 5.20. The molecule has 0 aliphatic carbocycles. The number of methoxy groups -OCH3 is 1. The molecule has 6 nitrogen and oxygen atoms in total. The van der Waals surface area contributed by atoms with Crippen molar-refractivity contribution >= 4 is 5.52 Å². The first kappa shape index (κ1) is 10.6. The predicted molar refractivity (Wildman–Crippen MR) is 65.3 cm³/mol. The van der Waals surface area contributed by atoms with Crippen LogP contribution in [0.1, 0.15) is 5.56 Å². The van der Waals surface area contributed by atoms with Crippen LogP contribution in [0.2, 0.25) is 0 Å². The molecule has 3 aromatic rings. The van der Waals surface area contributed by atoms with Gasteiger partial charge in [0.1, 0.15) is 0 Å². The van der Waals surface area contributed by atoms with Crippen LogP contribution in [-0.2, 0) is 0 Å². The number of aromatic nitrogens is 5. The lowest BCUT2D eigenvalue weighted by Gasteiger charge is -2.04. The van der Waals surface area contributed by atoms with E-state index in [2.05, 4.69) is 20.1 Å². The van der Waals surface area contributed by atoms with Crippen LogP contribution in [0, 0.1) is 6.92 Å². The van der Waals surface area contributed by atoms with Crippen molar-refractivity contribution in [2.24, 2.45) is 0 Å². The van der Waals surface area contributed by atoms with Crippen LogP contribution < -0.4 is 4.74 Å². The fraction of sp³-hybridized carbons (Fsp3) is 0.167. The Bertz CT molecular complexity index is 707. The van der Waals surface area contributed by atoms with Gasteiger partial charge in [0, 0.05) is 24.2 Å². The third kappa shape index (κ3) is 1.58. The SMILES string of the molecule is COc1nc(-c2cnn3ccncc23)ncc1C. The van der Waals surface area contributed by atoms with Crippen LogP contribution in [0.3, 0.4) is 0 Å². The molecule has 0 N–H and O–H groups in total. The predicted octanol–water partition coefficient (Wildman–Crippen LogP) is 1.50. The quantitative estimate of drug-likeness (QED) is 0.680. The molecule has 0 bridgehead atoms. The topological polar surface area (TPSA) is 65.2 Å². The molecule has 0 unspecified atom stereocenters. The molecule has 0 atom stereocenters. The fourth-order valence-electron chi connectivity index (χ4n) is 1.77. The van der Waals surface area contributed by atoms with Gasteiger partial charge in [-0.2, -0.15) is 10.1 Å². The third-order valence-electron chi connectivity index (χ3n) is 2.68. The second kappa shape index (κ2) is 4.06. The standard InChI is InChI=1S/C12H11N5O/c1-8-5-14-11(16-12(8)18-2)9-6-15-17-4-3-13-7-10(9)17/h3-7H,1-2H3. The van der Waals surface area contributed by atoms with Gasteiger partial charge in [0.05, 0.1) is 30.6 Å². The van der Waals surface area contributed by atoms with Crippen LogP contribution in [0.4, 0.5) is 0 Å². The summed E-state index contributed by atoms with van der Waals surface area (Å²) < 4.78 is 6.94. The molecule has 3 heterocycles. The zero-order valence-corrected chi connectivity index (χ0v) is 10.0. The molecule has 0 radical (unpaired) electrons. The van der Waals surface area contributed by atoms with Crippen molar-refractivity contribution in [3.8, 4) is 17.3 Å². The second-order valence-electron chi connectivity index (χ2n) is 3.85. The number of fused-ring (bicyclic) bond motifs is 1. The Morgan fingerprint density at radius 2 is 2.11 bits per heavy atom. The van der Waals surface area contributed by atoms with Crippen molar-refractivity contribution in [1.82, 2.24) is 24.6 Å². The largest absolute Gasteiger partial charge is 0.481 e. The molecule has 0 aromatic carbocycles. The normalized spacial score (nSPS) is 10.8. The molecule has 3 aromatic heterocycles. The molecule has 0 fully saturated rings. The van der Waals surface area contributed by atoms with E-state index in [1.165, 1.54) is 0 Å². The van der Waals surface area contributed by atoms with E-state index in [4.69, 9.17) is 4.74 Å². The van der Waals surface area contributed by atoms with E-state index in [9.17, 15) is 0 Å². The highest BCUT2D eigenvalue weighted by Crippen LogP contribution is 2.23. The Morgan fingerprint density at radius 3 is 2.94 bits per heavy atom. The number of aryl methyl sites for hydroxylation is 1. The summed E-state index contributed by atoms with van der Waals surface area (Å²) in [7, 11) is 1.59. The molecule has 3 rings (SSSR count). The van der Waals surface area contributed by atoms with E-state index in [0.717, 1.165) is 16.6 Å². The lowest BCUT2D eigenvalue weighted by Crippen LogP contribution is -1.96. The monoisotopic (exact) mass is 241 g/mol. The summed E-state index contributed by atoms with van der Waals surface area (Å²) in [6.07, 6.45) is 8.66. The van der Waals surface area contributed by atoms with E-state index < -0.39 is 0 Å². The van der Waals surface area contributed by atoms with Crippen molar-refractivity contribution in [1.29, 1.82) is 0 Å². The summed E-state index contributed by atoms with van der Waals surface area (Å²) >= 11 is 0. The number of nitrogens with zero attached hydrogens (tertiary/aromatic N) is 5. The number of rotatable bonds is 2. The number of hydrogen-bond acceptors (Lipinski definition) is 5. The number of ether oxygens (including phenoxy) is 1. The molecule has 18 heavy (non-hydrogen) atoms. The maximum atomic E-state index is 5.20. The van der Waals surface area contributed by atoms with Gasteiger partial charge in [0.15, 0.2) is 5.82 Å². The summed E-state index contributed by atoms with van der Waals surface area (Å²) in [5.41, 5.74) is 2.60. The zero-order valence-electron chi connectivity index (χ0n) is 10.0. The van der Waals surface area contributed by atoms with Gasteiger partial charge in [-0.05, 0) is 6.92 Å².